The van der Waals surface area contributed by atoms with Crippen molar-refractivity contribution in [2.75, 3.05) is 65.9 Å². The number of hydrogen-bond acceptors (Lipinski definition) is 5. The van der Waals surface area contributed by atoms with Gasteiger partial charge >= 0.3 is 0 Å². The summed E-state index contributed by atoms with van der Waals surface area (Å²) in [6.45, 7) is 4.76. The van der Waals surface area contributed by atoms with Crippen LogP contribution in [-0.2, 0) is 11.2 Å². The molecule has 0 aromatic heterocycles. The molecule has 0 radical (unpaired) electrons. The third kappa shape index (κ3) is 6.71. The molecule has 1 N–H and O–H groups in total. The number of aryl methyl sites for hydroxylation is 1. The van der Waals surface area contributed by atoms with Crippen LogP contribution in [0.2, 0.25) is 0 Å². The molecule has 3 rings (SSSR count). The van der Waals surface area contributed by atoms with E-state index in [-0.39, 0.29) is 11.9 Å². The molecule has 1 heterocycles. The maximum atomic E-state index is 12.6. The number of hydrogen-bond donors (Lipinski definition) is 1. The van der Waals surface area contributed by atoms with Gasteiger partial charge in [-0.3, -0.25) is 9.69 Å². The highest BCUT2D eigenvalue weighted by Crippen LogP contribution is 2.24. The first kappa shape index (κ1) is 23.1. The fourth-order valence-electron chi connectivity index (χ4n) is 3.93. The van der Waals surface area contributed by atoms with Crippen molar-refractivity contribution in [3.8, 4) is 5.75 Å². The van der Waals surface area contributed by atoms with Crippen LogP contribution in [0.5, 0.6) is 5.75 Å². The third-order valence-electron chi connectivity index (χ3n) is 6.07. The van der Waals surface area contributed by atoms with Crippen LogP contribution in [0.25, 0.3) is 0 Å². The minimum absolute atomic E-state index is 0.0971. The molecule has 1 aliphatic rings. The number of likely N-dealkylation sites (N-methyl/N-ethyl adjacent to an activating group) is 1. The second-order valence-electron chi connectivity index (χ2n) is 8.49. The van der Waals surface area contributed by atoms with E-state index < -0.39 is 0 Å². The molecule has 1 amide bonds. The van der Waals surface area contributed by atoms with Gasteiger partial charge in [-0.05, 0) is 48.9 Å². The Labute approximate surface area is 186 Å². The van der Waals surface area contributed by atoms with E-state index in [0.717, 1.165) is 43.9 Å². The minimum atomic E-state index is 0.0971. The third-order valence-corrected chi connectivity index (χ3v) is 6.07. The summed E-state index contributed by atoms with van der Waals surface area (Å²) in [5, 5.41) is 3.19. The molecule has 2 aromatic rings. The van der Waals surface area contributed by atoms with Crippen molar-refractivity contribution >= 4 is 11.6 Å². The molecule has 0 bridgehead atoms. The van der Waals surface area contributed by atoms with E-state index in [4.69, 9.17) is 4.74 Å². The number of nitrogens with one attached hydrogen (secondary N) is 1. The summed E-state index contributed by atoms with van der Waals surface area (Å²) in [4.78, 5) is 19.5. The summed E-state index contributed by atoms with van der Waals surface area (Å²) in [6.07, 6.45) is 1.22. The van der Waals surface area contributed by atoms with Crippen LogP contribution in [0.1, 0.15) is 23.6 Å². The van der Waals surface area contributed by atoms with E-state index in [9.17, 15) is 4.79 Å². The van der Waals surface area contributed by atoms with Crippen molar-refractivity contribution < 1.29 is 9.53 Å². The summed E-state index contributed by atoms with van der Waals surface area (Å²) in [6, 6.07) is 16.8. The fraction of sp³-hybridized carbons (Fsp3) is 0.480. The highest BCUT2D eigenvalue weighted by Gasteiger charge is 2.24. The van der Waals surface area contributed by atoms with Gasteiger partial charge in [0.05, 0.1) is 13.2 Å². The maximum Gasteiger partial charge on any atom is 0.220 e. The summed E-state index contributed by atoms with van der Waals surface area (Å²) in [5.41, 5.74) is 3.58. The Morgan fingerprint density at radius 3 is 2.26 bits per heavy atom. The van der Waals surface area contributed by atoms with Gasteiger partial charge in [0.25, 0.3) is 0 Å². The lowest BCUT2D eigenvalue weighted by Gasteiger charge is -2.38. The van der Waals surface area contributed by atoms with E-state index in [1.54, 1.807) is 7.11 Å². The highest BCUT2D eigenvalue weighted by molar-refractivity contribution is 5.76. The summed E-state index contributed by atoms with van der Waals surface area (Å²) < 4.78 is 5.20. The second kappa shape index (κ2) is 11.2. The lowest BCUT2D eigenvalue weighted by molar-refractivity contribution is -0.121. The Morgan fingerprint density at radius 1 is 1.03 bits per heavy atom. The zero-order valence-electron chi connectivity index (χ0n) is 19.3. The van der Waals surface area contributed by atoms with Gasteiger partial charge < -0.3 is 19.9 Å². The zero-order valence-corrected chi connectivity index (χ0v) is 19.3. The second-order valence-corrected chi connectivity index (χ2v) is 8.49. The first-order valence-corrected chi connectivity index (χ1v) is 11.1. The minimum Gasteiger partial charge on any atom is -0.497 e. The van der Waals surface area contributed by atoms with Gasteiger partial charge in [0.2, 0.25) is 5.91 Å². The fourth-order valence-corrected chi connectivity index (χ4v) is 3.93. The number of anilines is 1. The Morgan fingerprint density at radius 2 is 1.68 bits per heavy atom. The van der Waals surface area contributed by atoms with E-state index in [0.29, 0.717) is 13.0 Å². The van der Waals surface area contributed by atoms with E-state index in [1.807, 2.05) is 24.3 Å². The topological polar surface area (TPSA) is 48.1 Å². The maximum absolute atomic E-state index is 12.6. The largest absolute Gasteiger partial charge is 0.497 e. The van der Waals surface area contributed by atoms with Crippen LogP contribution in [0.3, 0.4) is 0 Å². The van der Waals surface area contributed by atoms with Crippen molar-refractivity contribution in [1.82, 2.24) is 15.1 Å². The molecule has 31 heavy (non-hydrogen) atoms. The number of carbonyl (C=O) groups excluding carboxylic acids is 1. The molecule has 0 saturated carbocycles. The van der Waals surface area contributed by atoms with Crippen LogP contribution in [0.4, 0.5) is 5.69 Å². The number of nitrogens with zero attached hydrogens (tertiary/aromatic N) is 3. The smallest absolute Gasteiger partial charge is 0.220 e. The number of ether oxygens (including phenoxy) is 1. The molecule has 6 heteroatoms. The van der Waals surface area contributed by atoms with Gasteiger partial charge in [-0.2, -0.15) is 0 Å². The molecule has 1 aliphatic heterocycles. The molecular weight excluding hydrogens is 388 g/mol. The van der Waals surface area contributed by atoms with Crippen molar-refractivity contribution in [2.24, 2.45) is 0 Å². The quantitative estimate of drug-likeness (QED) is 0.671. The molecule has 0 unspecified atom stereocenters. The normalized spacial score (nSPS) is 16.0. The van der Waals surface area contributed by atoms with Gasteiger partial charge in [-0.15, -0.1) is 0 Å². The predicted octanol–water partition coefficient (Wildman–Crippen LogP) is 2.80. The molecule has 168 valence electrons. The molecule has 2 aromatic carbocycles. The molecule has 0 spiro atoms. The zero-order chi connectivity index (χ0) is 22.2. The highest BCUT2D eigenvalue weighted by atomic mass is 16.5. The Kier molecular flexibility index (Phi) is 8.32. The van der Waals surface area contributed by atoms with E-state index in [1.165, 1.54) is 11.3 Å². The molecule has 1 fully saturated rings. The van der Waals surface area contributed by atoms with E-state index in [2.05, 4.69) is 65.4 Å². The Balaban J connectivity index is 1.60. The average molecular weight is 425 g/mol. The standard InChI is InChI=1S/C25H36N4O2/c1-27(2)22-10-8-21(9-11-22)24(29-17-15-28(3)16-18-29)19-26-25(30)14-7-20-5-12-23(31-4)13-6-20/h5-6,8-13,24H,7,14-19H2,1-4H3,(H,26,30)/t24-/m0/s1. The van der Waals surface area contributed by atoms with Crippen molar-refractivity contribution in [1.29, 1.82) is 0 Å². The molecular formula is C25H36N4O2. The average Bonchev–Trinajstić information content (AvgIpc) is 2.79. The summed E-state index contributed by atoms with van der Waals surface area (Å²) >= 11 is 0. The monoisotopic (exact) mass is 424 g/mol. The Bertz CT molecular complexity index is 812. The number of carbonyl (C=O) groups is 1. The van der Waals surface area contributed by atoms with E-state index >= 15 is 0 Å². The summed E-state index contributed by atoms with van der Waals surface area (Å²) in [7, 11) is 7.93. The number of rotatable bonds is 9. The number of methoxy groups -OCH3 is 1. The Hall–Kier alpha value is -2.57. The van der Waals surface area contributed by atoms with Crippen LogP contribution >= 0.6 is 0 Å². The molecule has 6 nitrogen and oxygen atoms in total. The van der Waals surface area contributed by atoms with Crippen LogP contribution in [-0.4, -0.2) is 76.7 Å². The number of amides is 1. The summed E-state index contributed by atoms with van der Waals surface area (Å²) in [5.74, 6) is 0.934. The lowest BCUT2D eigenvalue weighted by atomic mass is 10.0. The van der Waals surface area contributed by atoms with Gasteiger partial charge in [0.15, 0.2) is 0 Å². The van der Waals surface area contributed by atoms with Gasteiger partial charge in [0, 0.05) is 58.9 Å². The molecule has 0 aliphatic carbocycles. The van der Waals surface area contributed by atoms with Crippen LogP contribution < -0.4 is 15.0 Å². The molecule has 1 atom stereocenters. The molecule has 1 saturated heterocycles. The van der Waals surface area contributed by atoms with Gasteiger partial charge in [-0.25, -0.2) is 0 Å². The van der Waals surface area contributed by atoms with Crippen LogP contribution in [0.15, 0.2) is 48.5 Å². The van der Waals surface area contributed by atoms with Crippen molar-refractivity contribution in [3.05, 3.63) is 59.7 Å². The van der Waals surface area contributed by atoms with Crippen molar-refractivity contribution in [3.63, 3.8) is 0 Å². The SMILES string of the molecule is COc1ccc(CCC(=O)NC[C@@H](c2ccc(N(C)C)cc2)N2CCN(C)CC2)cc1. The first-order valence-electron chi connectivity index (χ1n) is 11.1. The first-order chi connectivity index (χ1) is 15.0. The van der Waals surface area contributed by atoms with Crippen molar-refractivity contribution in [2.45, 2.75) is 18.9 Å². The number of piperazine rings is 1. The van der Waals surface area contributed by atoms with Gasteiger partial charge in [-0.1, -0.05) is 24.3 Å². The van der Waals surface area contributed by atoms with Crippen LogP contribution in [0, 0.1) is 0 Å². The number of benzene rings is 2. The predicted molar refractivity (Wildman–Crippen MR) is 127 cm³/mol. The lowest BCUT2D eigenvalue weighted by Crippen LogP contribution is -2.48. The van der Waals surface area contributed by atoms with Gasteiger partial charge in [0.1, 0.15) is 5.75 Å².